The summed E-state index contributed by atoms with van der Waals surface area (Å²) >= 11 is 0. The van der Waals surface area contributed by atoms with Crippen molar-refractivity contribution in [1.82, 2.24) is 19.4 Å². The second-order valence-corrected chi connectivity index (χ2v) is 5.27. The minimum absolute atomic E-state index is 0.524. The van der Waals surface area contributed by atoms with Crippen molar-refractivity contribution in [2.75, 3.05) is 7.05 Å². The number of imidazole rings is 1. The molecule has 102 valence electrons. The van der Waals surface area contributed by atoms with Crippen molar-refractivity contribution >= 4 is 0 Å². The average molecular weight is 258 g/mol. The number of hydrogen-bond acceptors (Lipinski definition) is 2. The van der Waals surface area contributed by atoms with E-state index in [-0.39, 0.29) is 0 Å². The van der Waals surface area contributed by atoms with Crippen molar-refractivity contribution in [2.24, 2.45) is 0 Å². The van der Waals surface area contributed by atoms with Crippen LogP contribution in [0, 0.1) is 0 Å². The predicted octanol–water partition coefficient (Wildman–Crippen LogP) is 2.35. The van der Waals surface area contributed by atoms with Crippen LogP contribution in [0.4, 0.5) is 0 Å². The monoisotopic (exact) mass is 258 g/mol. The lowest BCUT2D eigenvalue weighted by Crippen LogP contribution is -2.20. The van der Waals surface area contributed by atoms with Crippen LogP contribution in [0.1, 0.15) is 42.8 Å². The van der Waals surface area contributed by atoms with Gasteiger partial charge in [-0.15, -0.1) is 0 Å². The fraction of sp³-hybridized carbons (Fsp3) is 0.533. The quantitative estimate of drug-likeness (QED) is 0.913. The number of aryl methyl sites for hydroxylation is 2. The molecule has 0 saturated heterocycles. The molecule has 1 atom stereocenters. The number of nitrogens with one attached hydrogen (secondary N) is 1. The fourth-order valence-corrected chi connectivity index (χ4v) is 3.08. The summed E-state index contributed by atoms with van der Waals surface area (Å²) in [6.07, 6.45) is 12.3. The molecule has 2 aromatic rings. The lowest BCUT2D eigenvalue weighted by atomic mass is 9.91. The van der Waals surface area contributed by atoms with Gasteiger partial charge in [0.15, 0.2) is 0 Å². The Labute approximate surface area is 114 Å². The molecule has 0 saturated carbocycles. The van der Waals surface area contributed by atoms with Crippen LogP contribution in [0.3, 0.4) is 0 Å². The number of nitrogens with zero attached hydrogens (tertiary/aromatic N) is 3. The van der Waals surface area contributed by atoms with Crippen LogP contribution in [0.15, 0.2) is 24.8 Å². The first-order chi connectivity index (χ1) is 9.31. The molecule has 0 spiro atoms. The van der Waals surface area contributed by atoms with Crippen LogP contribution in [0.5, 0.6) is 0 Å². The molecular formula is C15H22N4. The van der Waals surface area contributed by atoms with E-state index in [0.29, 0.717) is 6.04 Å². The van der Waals surface area contributed by atoms with E-state index in [1.54, 1.807) is 0 Å². The van der Waals surface area contributed by atoms with Gasteiger partial charge < -0.3 is 14.5 Å². The molecule has 1 aliphatic carbocycles. The van der Waals surface area contributed by atoms with E-state index in [9.17, 15) is 0 Å². The van der Waals surface area contributed by atoms with Gasteiger partial charge in [-0.2, -0.15) is 0 Å². The minimum atomic E-state index is 0.524. The van der Waals surface area contributed by atoms with E-state index in [4.69, 9.17) is 0 Å². The first-order valence-corrected chi connectivity index (χ1v) is 7.17. The molecule has 1 aliphatic rings. The number of hydrogen-bond donors (Lipinski definition) is 1. The zero-order valence-corrected chi connectivity index (χ0v) is 11.8. The van der Waals surface area contributed by atoms with Gasteiger partial charge >= 0.3 is 0 Å². The molecule has 0 bridgehead atoms. The van der Waals surface area contributed by atoms with Gasteiger partial charge in [-0.1, -0.05) is 0 Å². The van der Waals surface area contributed by atoms with Crippen LogP contribution in [0.25, 0.3) is 0 Å². The Morgan fingerprint density at radius 2 is 2.32 bits per heavy atom. The average Bonchev–Trinajstić information content (AvgIpc) is 3.04. The number of aromatic nitrogens is 3. The molecule has 0 amide bonds. The second kappa shape index (κ2) is 5.21. The Morgan fingerprint density at radius 1 is 1.42 bits per heavy atom. The highest BCUT2D eigenvalue weighted by molar-refractivity contribution is 5.30. The molecule has 1 unspecified atom stereocenters. The molecule has 19 heavy (non-hydrogen) atoms. The normalized spacial score (nSPS) is 18.5. The van der Waals surface area contributed by atoms with Crippen molar-refractivity contribution in [2.45, 2.75) is 45.3 Å². The molecule has 1 N–H and O–H groups in total. The van der Waals surface area contributed by atoms with E-state index in [2.05, 4.69) is 52.0 Å². The van der Waals surface area contributed by atoms with Gasteiger partial charge in [0.05, 0.1) is 6.54 Å². The van der Waals surface area contributed by atoms with Crippen molar-refractivity contribution in [3.05, 3.63) is 41.7 Å². The Hall–Kier alpha value is -1.55. The molecule has 2 heterocycles. The van der Waals surface area contributed by atoms with Gasteiger partial charge in [0.2, 0.25) is 0 Å². The van der Waals surface area contributed by atoms with Gasteiger partial charge in [-0.3, -0.25) is 0 Å². The van der Waals surface area contributed by atoms with Crippen molar-refractivity contribution in [3.8, 4) is 0 Å². The molecule has 4 heteroatoms. The summed E-state index contributed by atoms with van der Waals surface area (Å²) < 4.78 is 4.49. The maximum Gasteiger partial charge on any atom is 0.128 e. The Morgan fingerprint density at radius 3 is 3.11 bits per heavy atom. The SMILES string of the molecule is CCn1ccnc1Cn1cc2c(c1)C(NC)CCC2. The molecule has 0 fully saturated rings. The summed E-state index contributed by atoms with van der Waals surface area (Å²) in [6.45, 7) is 4.00. The summed E-state index contributed by atoms with van der Waals surface area (Å²) in [5.41, 5.74) is 2.98. The third-order valence-electron chi connectivity index (χ3n) is 4.13. The summed E-state index contributed by atoms with van der Waals surface area (Å²) in [5.74, 6) is 1.14. The molecule has 3 rings (SSSR count). The van der Waals surface area contributed by atoms with Gasteiger partial charge in [-0.05, 0) is 44.4 Å². The van der Waals surface area contributed by atoms with E-state index in [0.717, 1.165) is 18.9 Å². The first kappa shape index (κ1) is 12.5. The fourth-order valence-electron chi connectivity index (χ4n) is 3.08. The smallest absolute Gasteiger partial charge is 0.128 e. The zero-order chi connectivity index (χ0) is 13.2. The molecular weight excluding hydrogens is 236 g/mol. The van der Waals surface area contributed by atoms with Crippen molar-refractivity contribution < 1.29 is 0 Å². The number of fused-ring (bicyclic) bond motifs is 1. The third kappa shape index (κ3) is 2.32. The Bertz CT molecular complexity index is 552. The second-order valence-electron chi connectivity index (χ2n) is 5.27. The number of rotatable bonds is 4. The standard InChI is InChI=1S/C15H22N4/c1-3-19-8-7-17-15(19)11-18-9-12-5-4-6-14(16-2)13(12)10-18/h7-10,14,16H,3-6,11H2,1-2H3. The van der Waals surface area contributed by atoms with E-state index in [1.165, 1.54) is 30.4 Å². The van der Waals surface area contributed by atoms with Gasteiger partial charge in [0.1, 0.15) is 5.82 Å². The highest BCUT2D eigenvalue weighted by Crippen LogP contribution is 2.30. The Balaban J connectivity index is 1.85. The van der Waals surface area contributed by atoms with E-state index in [1.807, 2.05) is 6.20 Å². The lowest BCUT2D eigenvalue weighted by Gasteiger charge is -2.21. The summed E-state index contributed by atoms with van der Waals surface area (Å²) in [4.78, 5) is 4.45. The minimum Gasteiger partial charge on any atom is -0.346 e. The highest BCUT2D eigenvalue weighted by Gasteiger charge is 2.20. The highest BCUT2D eigenvalue weighted by atomic mass is 15.1. The third-order valence-corrected chi connectivity index (χ3v) is 4.13. The van der Waals surface area contributed by atoms with E-state index < -0.39 is 0 Å². The molecule has 4 nitrogen and oxygen atoms in total. The largest absolute Gasteiger partial charge is 0.346 e. The molecule has 0 aromatic carbocycles. The summed E-state index contributed by atoms with van der Waals surface area (Å²) in [5, 5.41) is 3.42. The summed E-state index contributed by atoms with van der Waals surface area (Å²) in [7, 11) is 2.06. The molecule has 2 aromatic heterocycles. The molecule has 0 aliphatic heterocycles. The van der Waals surface area contributed by atoms with Crippen molar-refractivity contribution in [1.29, 1.82) is 0 Å². The maximum atomic E-state index is 4.45. The first-order valence-electron chi connectivity index (χ1n) is 7.17. The lowest BCUT2D eigenvalue weighted by molar-refractivity contribution is 0.498. The van der Waals surface area contributed by atoms with Crippen LogP contribution < -0.4 is 5.32 Å². The van der Waals surface area contributed by atoms with Crippen LogP contribution in [-0.2, 0) is 19.5 Å². The zero-order valence-electron chi connectivity index (χ0n) is 11.8. The van der Waals surface area contributed by atoms with Gasteiger partial charge in [0, 0.05) is 37.4 Å². The Kier molecular flexibility index (Phi) is 3.42. The van der Waals surface area contributed by atoms with E-state index >= 15 is 0 Å². The van der Waals surface area contributed by atoms with Gasteiger partial charge in [0.25, 0.3) is 0 Å². The predicted molar refractivity (Wildman–Crippen MR) is 76.2 cm³/mol. The van der Waals surface area contributed by atoms with Gasteiger partial charge in [-0.25, -0.2) is 4.98 Å². The van der Waals surface area contributed by atoms with Crippen molar-refractivity contribution in [3.63, 3.8) is 0 Å². The summed E-state index contributed by atoms with van der Waals surface area (Å²) in [6, 6.07) is 0.524. The van der Waals surface area contributed by atoms with Crippen LogP contribution >= 0.6 is 0 Å². The maximum absolute atomic E-state index is 4.45. The van der Waals surface area contributed by atoms with Crippen LogP contribution in [0.2, 0.25) is 0 Å². The molecule has 0 radical (unpaired) electrons. The van der Waals surface area contributed by atoms with Crippen LogP contribution in [-0.4, -0.2) is 21.2 Å². The topological polar surface area (TPSA) is 34.8 Å².